The van der Waals surface area contributed by atoms with Gasteiger partial charge < -0.3 is 10.6 Å². The van der Waals surface area contributed by atoms with Gasteiger partial charge in [0.25, 0.3) is 11.5 Å². The van der Waals surface area contributed by atoms with E-state index in [4.69, 9.17) is 0 Å². The highest BCUT2D eigenvalue weighted by molar-refractivity contribution is 5.92. The van der Waals surface area contributed by atoms with Gasteiger partial charge in [-0.05, 0) is 19.1 Å². The van der Waals surface area contributed by atoms with Gasteiger partial charge in [0.15, 0.2) is 0 Å². The van der Waals surface area contributed by atoms with Crippen LogP contribution in [0.3, 0.4) is 0 Å². The Labute approximate surface area is 171 Å². The van der Waals surface area contributed by atoms with Crippen LogP contribution in [0.2, 0.25) is 0 Å². The Bertz CT molecular complexity index is 873. The first kappa shape index (κ1) is 23.0. The average Bonchev–Trinajstić information content (AvgIpc) is 3.04. The van der Waals surface area contributed by atoms with Crippen molar-refractivity contribution in [3.8, 4) is 5.69 Å². The van der Waals surface area contributed by atoms with E-state index in [1.807, 2.05) is 19.1 Å². The Morgan fingerprint density at radius 1 is 1.21 bits per heavy atom. The summed E-state index contributed by atoms with van der Waals surface area (Å²) in [5.41, 5.74) is 0.978. The number of halogens is 4. The van der Waals surface area contributed by atoms with E-state index >= 15 is 0 Å². The molecule has 0 radical (unpaired) electrons. The molecular weight excluding hydrogens is 411 g/mol. The SMILES string of the molecule is Cc1ccc(-n2[nH]c(C(=O)NCC(N3CCNCC3)C(F)(F)F)cc2=O)cc1.Cl. The number of rotatable bonds is 5. The smallest absolute Gasteiger partial charge is 0.349 e. The van der Waals surface area contributed by atoms with Crippen molar-refractivity contribution in [2.24, 2.45) is 0 Å². The maximum absolute atomic E-state index is 13.4. The number of nitrogens with one attached hydrogen (secondary N) is 3. The molecule has 11 heteroatoms. The van der Waals surface area contributed by atoms with Crippen molar-refractivity contribution in [2.75, 3.05) is 32.7 Å². The van der Waals surface area contributed by atoms with Gasteiger partial charge in [-0.25, -0.2) is 4.68 Å². The molecule has 3 N–H and O–H groups in total. The molecule has 0 aliphatic carbocycles. The van der Waals surface area contributed by atoms with Gasteiger partial charge in [-0.2, -0.15) is 13.2 Å². The highest BCUT2D eigenvalue weighted by Gasteiger charge is 2.43. The van der Waals surface area contributed by atoms with E-state index in [9.17, 15) is 22.8 Å². The third-order valence-electron chi connectivity index (χ3n) is 4.68. The summed E-state index contributed by atoms with van der Waals surface area (Å²) < 4.78 is 41.4. The lowest BCUT2D eigenvalue weighted by atomic mass is 10.2. The molecule has 1 unspecified atom stereocenters. The minimum Gasteiger partial charge on any atom is -0.349 e. The van der Waals surface area contributed by atoms with Crippen molar-refractivity contribution < 1.29 is 18.0 Å². The minimum absolute atomic E-state index is 0. The van der Waals surface area contributed by atoms with Gasteiger partial charge in [-0.1, -0.05) is 17.7 Å². The molecular formula is C18H23ClF3N5O2. The van der Waals surface area contributed by atoms with Crippen molar-refractivity contribution in [3.63, 3.8) is 0 Å². The van der Waals surface area contributed by atoms with Crippen LogP contribution in [0.4, 0.5) is 13.2 Å². The molecule has 0 spiro atoms. The molecule has 2 heterocycles. The highest BCUT2D eigenvalue weighted by Crippen LogP contribution is 2.24. The number of carbonyl (C=O) groups excluding carboxylic acids is 1. The van der Waals surface area contributed by atoms with Crippen molar-refractivity contribution in [1.82, 2.24) is 25.3 Å². The molecule has 0 bridgehead atoms. The molecule has 0 saturated carbocycles. The Morgan fingerprint density at radius 3 is 2.41 bits per heavy atom. The van der Waals surface area contributed by atoms with Gasteiger partial charge in [0.05, 0.1) is 5.69 Å². The summed E-state index contributed by atoms with van der Waals surface area (Å²) in [5.74, 6) is -0.757. The second kappa shape index (κ2) is 9.47. The molecule has 3 rings (SSSR count). The zero-order valence-corrected chi connectivity index (χ0v) is 16.6. The Balaban J connectivity index is 0.00000300. The molecule has 1 aliphatic rings. The summed E-state index contributed by atoms with van der Waals surface area (Å²) in [6, 6.07) is 6.33. The number of aryl methyl sites for hydroxylation is 1. The van der Waals surface area contributed by atoms with Gasteiger partial charge in [-0.3, -0.25) is 19.6 Å². The fraction of sp³-hybridized carbons (Fsp3) is 0.444. The Morgan fingerprint density at radius 2 is 1.83 bits per heavy atom. The van der Waals surface area contributed by atoms with E-state index in [1.165, 1.54) is 9.58 Å². The van der Waals surface area contributed by atoms with Crippen LogP contribution >= 0.6 is 12.4 Å². The standard InChI is InChI=1S/C18H22F3N5O2.ClH/c1-12-2-4-13(5-3-12)26-16(27)10-14(24-26)17(28)23-11-15(18(19,20)21)25-8-6-22-7-9-25;/h2-5,10,15,22,24H,6-9,11H2,1H3,(H,23,28);1H. The van der Waals surface area contributed by atoms with E-state index in [2.05, 4.69) is 15.7 Å². The monoisotopic (exact) mass is 433 g/mol. The number of carbonyl (C=O) groups is 1. The van der Waals surface area contributed by atoms with E-state index in [0.29, 0.717) is 18.8 Å². The van der Waals surface area contributed by atoms with Crippen LogP contribution in [-0.2, 0) is 0 Å². The maximum Gasteiger partial charge on any atom is 0.405 e. The Hall–Kier alpha value is -2.30. The van der Waals surface area contributed by atoms with Crippen LogP contribution in [0.5, 0.6) is 0 Å². The topological polar surface area (TPSA) is 82.2 Å². The lowest BCUT2D eigenvalue weighted by Gasteiger charge is -2.35. The van der Waals surface area contributed by atoms with E-state index < -0.39 is 30.2 Å². The summed E-state index contributed by atoms with van der Waals surface area (Å²) in [4.78, 5) is 25.8. The molecule has 7 nitrogen and oxygen atoms in total. The maximum atomic E-state index is 13.4. The third kappa shape index (κ3) is 5.62. The first-order chi connectivity index (χ1) is 13.3. The van der Waals surface area contributed by atoms with E-state index in [1.54, 1.807) is 12.1 Å². The van der Waals surface area contributed by atoms with Crippen LogP contribution in [0.1, 0.15) is 16.1 Å². The van der Waals surface area contributed by atoms with E-state index in [-0.39, 0.29) is 31.2 Å². The molecule has 29 heavy (non-hydrogen) atoms. The molecule has 160 valence electrons. The number of benzene rings is 1. The molecule has 1 aromatic carbocycles. The number of hydrogen-bond donors (Lipinski definition) is 3. The number of nitrogens with zero attached hydrogens (tertiary/aromatic N) is 2. The van der Waals surface area contributed by atoms with Crippen molar-refractivity contribution in [1.29, 1.82) is 0 Å². The van der Waals surface area contributed by atoms with Gasteiger partial charge in [0.2, 0.25) is 0 Å². The number of aromatic amines is 1. The fourth-order valence-corrected chi connectivity index (χ4v) is 3.13. The summed E-state index contributed by atoms with van der Waals surface area (Å²) in [6.07, 6.45) is -4.47. The van der Waals surface area contributed by atoms with Gasteiger partial charge >= 0.3 is 6.18 Å². The molecule has 1 aliphatic heterocycles. The number of amides is 1. The van der Waals surface area contributed by atoms with Crippen molar-refractivity contribution >= 4 is 18.3 Å². The number of aromatic nitrogens is 2. The van der Waals surface area contributed by atoms with Crippen LogP contribution in [-0.4, -0.2) is 65.5 Å². The summed E-state index contributed by atoms with van der Waals surface area (Å²) in [7, 11) is 0. The van der Waals surface area contributed by atoms with Gasteiger partial charge in [-0.15, -0.1) is 12.4 Å². The highest BCUT2D eigenvalue weighted by atomic mass is 35.5. The van der Waals surface area contributed by atoms with Crippen molar-refractivity contribution in [3.05, 3.63) is 51.9 Å². The number of piperazine rings is 1. The number of hydrogen-bond acceptors (Lipinski definition) is 4. The quantitative estimate of drug-likeness (QED) is 0.667. The first-order valence-electron chi connectivity index (χ1n) is 8.94. The summed E-state index contributed by atoms with van der Waals surface area (Å²) in [5, 5.41) is 7.95. The molecule has 2 aromatic rings. The van der Waals surface area contributed by atoms with E-state index in [0.717, 1.165) is 11.6 Å². The predicted octanol–water partition coefficient (Wildman–Crippen LogP) is 1.46. The third-order valence-corrected chi connectivity index (χ3v) is 4.68. The van der Waals surface area contributed by atoms with Crippen LogP contribution in [0.25, 0.3) is 5.69 Å². The van der Waals surface area contributed by atoms with Crippen LogP contribution in [0, 0.1) is 6.92 Å². The van der Waals surface area contributed by atoms with Gasteiger partial charge in [0.1, 0.15) is 11.7 Å². The number of alkyl halides is 3. The predicted molar refractivity (Wildman–Crippen MR) is 105 cm³/mol. The van der Waals surface area contributed by atoms with Gasteiger partial charge in [0, 0.05) is 38.8 Å². The lowest BCUT2D eigenvalue weighted by molar-refractivity contribution is -0.183. The fourth-order valence-electron chi connectivity index (χ4n) is 3.13. The largest absolute Gasteiger partial charge is 0.405 e. The molecule has 1 aromatic heterocycles. The minimum atomic E-state index is -4.47. The molecule has 1 amide bonds. The molecule has 1 fully saturated rings. The zero-order chi connectivity index (χ0) is 20.3. The second-order valence-corrected chi connectivity index (χ2v) is 6.73. The zero-order valence-electron chi connectivity index (χ0n) is 15.8. The first-order valence-corrected chi connectivity index (χ1v) is 8.94. The second-order valence-electron chi connectivity index (χ2n) is 6.73. The Kier molecular flexibility index (Phi) is 7.50. The van der Waals surface area contributed by atoms with Crippen LogP contribution in [0.15, 0.2) is 35.1 Å². The lowest BCUT2D eigenvalue weighted by Crippen LogP contribution is -2.57. The molecule has 1 atom stereocenters. The average molecular weight is 434 g/mol. The van der Waals surface area contributed by atoms with Crippen LogP contribution < -0.4 is 16.2 Å². The normalized spacial score (nSPS) is 16.1. The molecule has 1 saturated heterocycles. The number of H-pyrrole nitrogens is 1. The van der Waals surface area contributed by atoms with Crippen molar-refractivity contribution in [2.45, 2.75) is 19.1 Å². The summed E-state index contributed by atoms with van der Waals surface area (Å²) in [6.45, 7) is 2.75. The summed E-state index contributed by atoms with van der Waals surface area (Å²) >= 11 is 0.